The lowest BCUT2D eigenvalue weighted by atomic mass is 10.2. The third-order valence-electron chi connectivity index (χ3n) is 1.65. The first-order valence-electron chi connectivity index (χ1n) is 3.91. The van der Waals surface area contributed by atoms with Gasteiger partial charge in [0.05, 0.1) is 0 Å². The Labute approximate surface area is 75.7 Å². The lowest BCUT2D eigenvalue weighted by Crippen LogP contribution is -2.32. The van der Waals surface area contributed by atoms with Gasteiger partial charge in [-0.15, -0.1) is 0 Å². The van der Waals surface area contributed by atoms with Crippen LogP contribution in [-0.4, -0.2) is 11.9 Å². The normalized spacial score (nSPS) is 12.2. The third kappa shape index (κ3) is 2.74. The predicted octanol–water partition coefficient (Wildman–Crippen LogP) is 1.11. The van der Waals surface area contributed by atoms with E-state index < -0.39 is 11.9 Å². The van der Waals surface area contributed by atoms with Crippen LogP contribution < -0.4 is 11.1 Å². The molecule has 1 aromatic rings. The number of halogens is 1. The number of carbonyl (C=O) groups excluding carboxylic acids is 1. The zero-order chi connectivity index (χ0) is 9.84. The number of hydrogen-bond acceptors (Lipinski definition) is 2. The standard InChI is InChI=1S/C9H11FN2O/c1-6(9(11)13)12-8-4-2-7(10)3-5-8/h2-6,12H,1H3,(H2,11,13). The van der Waals surface area contributed by atoms with Crippen LogP contribution >= 0.6 is 0 Å². The number of nitrogens with one attached hydrogen (secondary N) is 1. The van der Waals surface area contributed by atoms with Crippen molar-refractivity contribution >= 4 is 11.6 Å². The van der Waals surface area contributed by atoms with E-state index in [1.54, 1.807) is 19.1 Å². The third-order valence-corrected chi connectivity index (χ3v) is 1.65. The van der Waals surface area contributed by atoms with Gasteiger partial charge >= 0.3 is 0 Å². The van der Waals surface area contributed by atoms with E-state index in [9.17, 15) is 9.18 Å². The number of hydrogen-bond donors (Lipinski definition) is 2. The molecule has 0 bridgehead atoms. The smallest absolute Gasteiger partial charge is 0.239 e. The molecule has 0 aromatic heterocycles. The highest BCUT2D eigenvalue weighted by molar-refractivity contribution is 5.82. The van der Waals surface area contributed by atoms with E-state index >= 15 is 0 Å². The summed E-state index contributed by atoms with van der Waals surface area (Å²) in [5.74, 6) is -0.749. The second-order valence-electron chi connectivity index (χ2n) is 2.78. The van der Waals surface area contributed by atoms with Crippen LogP contribution in [0.2, 0.25) is 0 Å². The van der Waals surface area contributed by atoms with E-state index in [-0.39, 0.29) is 5.82 Å². The summed E-state index contributed by atoms with van der Waals surface area (Å²) >= 11 is 0. The summed E-state index contributed by atoms with van der Waals surface area (Å²) in [6.45, 7) is 1.64. The van der Waals surface area contributed by atoms with E-state index in [1.807, 2.05) is 0 Å². The molecule has 0 heterocycles. The Morgan fingerprint density at radius 2 is 2.00 bits per heavy atom. The minimum Gasteiger partial charge on any atom is -0.374 e. The summed E-state index contributed by atoms with van der Waals surface area (Å²) in [5.41, 5.74) is 5.71. The molecule has 0 saturated heterocycles. The highest BCUT2D eigenvalue weighted by Gasteiger charge is 2.06. The van der Waals surface area contributed by atoms with E-state index in [0.717, 1.165) is 0 Å². The fraction of sp³-hybridized carbons (Fsp3) is 0.222. The molecule has 0 radical (unpaired) electrons. The SMILES string of the molecule is CC(Nc1ccc(F)cc1)C(N)=O. The van der Waals surface area contributed by atoms with Gasteiger partial charge in [0, 0.05) is 5.69 Å². The number of nitrogens with two attached hydrogens (primary N) is 1. The van der Waals surface area contributed by atoms with Crippen molar-refractivity contribution in [2.24, 2.45) is 5.73 Å². The summed E-state index contributed by atoms with van der Waals surface area (Å²) in [7, 11) is 0. The summed E-state index contributed by atoms with van der Waals surface area (Å²) in [6.07, 6.45) is 0. The van der Waals surface area contributed by atoms with Crippen molar-refractivity contribution in [2.45, 2.75) is 13.0 Å². The highest BCUT2D eigenvalue weighted by Crippen LogP contribution is 2.09. The van der Waals surface area contributed by atoms with Crippen LogP contribution in [0.1, 0.15) is 6.92 Å². The van der Waals surface area contributed by atoms with E-state index in [4.69, 9.17) is 5.73 Å². The van der Waals surface area contributed by atoms with Crippen LogP contribution in [0, 0.1) is 5.82 Å². The first kappa shape index (κ1) is 9.51. The number of anilines is 1. The zero-order valence-electron chi connectivity index (χ0n) is 7.25. The van der Waals surface area contributed by atoms with Gasteiger partial charge in [-0.3, -0.25) is 4.79 Å². The van der Waals surface area contributed by atoms with Crippen molar-refractivity contribution in [3.8, 4) is 0 Å². The molecule has 0 saturated carbocycles. The molecule has 0 aliphatic carbocycles. The van der Waals surface area contributed by atoms with Crippen LogP contribution in [0.5, 0.6) is 0 Å². The molecule has 13 heavy (non-hydrogen) atoms. The predicted molar refractivity (Wildman–Crippen MR) is 48.7 cm³/mol. The van der Waals surface area contributed by atoms with Crippen molar-refractivity contribution < 1.29 is 9.18 Å². The average molecular weight is 182 g/mol. The highest BCUT2D eigenvalue weighted by atomic mass is 19.1. The Balaban J connectivity index is 2.64. The van der Waals surface area contributed by atoms with Gasteiger partial charge in [-0.2, -0.15) is 0 Å². The molecule has 3 N–H and O–H groups in total. The number of primary amides is 1. The van der Waals surface area contributed by atoms with Crippen molar-refractivity contribution in [1.82, 2.24) is 0 Å². The molecular weight excluding hydrogens is 171 g/mol. The fourth-order valence-electron chi connectivity index (χ4n) is 0.867. The van der Waals surface area contributed by atoms with Gasteiger partial charge in [0.25, 0.3) is 0 Å². The number of carbonyl (C=O) groups is 1. The van der Waals surface area contributed by atoms with Gasteiger partial charge in [-0.1, -0.05) is 0 Å². The summed E-state index contributed by atoms with van der Waals surface area (Å²) in [5, 5.41) is 2.83. The number of benzene rings is 1. The van der Waals surface area contributed by atoms with Crippen molar-refractivity contribution in [1.29, 1.82) is 0 Å². The molecule has 0 spiro atoms. The Kier molecular flexibility index (Phi) is 2.84. The second-order valence-corrected chi connectivity index (χ2v) is 2.78. The van der Waals surface area contributed by atoms with Crippen molar-refractivity contribution in [3.63, 3.8) is 0 Å². The van der Waals surface area contributed by atoms with Crippen molar-refractivity contribution in [2.75, 3.05) is 5.32 Å². The molecule has 0 fully saturated rings. The molecule has 3 nitrogen and oxygen atoms in total. The molecule has 1 amide bonds. The van der Waals surface area contributed by atoms with Gasteiger partial charge in [0.2, 0.25) is 5.91 Å². The fourth-order valence-corrected chi connectivity index (χ4v) is 0.867. The lowest BCUT2D eigenvalue weighted by molar-refractivity contribution is -0.118. The Bertz CT molecular complexity index is 297. The maximum Gasteiger partial charge on any atom is 0.239 e. The van der Waals surface area contributed by atoms with E-state index in [1.165, 1.54) is 12.1 Å². The first-order valence-corrected chi connectivity index (χ1v) is 3.91. The van der Waals surface area contributed by atoms with Crippen LogP contribution in [0.15, 0.2) is 24.3 Å². The molecule has 1 aromatic carbocycles. The minimum atomic E-state index is -0.453. The lowest BCUT2D eigenvalue weighted by Gasteiger charge is -2.10. The van der Waals surface area contributed by atoms with Gasteiger partial charge in [0.15, 0.2) is 0 Å². The molecule has 70 valence electrons. The Hall–Kier alpha value is -1.58. The topological polar surface area (TPSA) is 55.1 Å². The van der Waals surface area contributed by atoms with Crippen LogP contribution in [0.4, 0.5) is 10.1 Å². The summed E-state index contributed by atoms with van der Waals surface area (Å²) in [4.78, 5) is 10.7. The van der Waals surface area contributed by atoms with Gasteiger partial charge in [0.1, 0.15) is 11.9 Å². The minimum absolute atomic E-state index is 0.308. The molecule has 4 heteroatoms. The van der Waals surface area contributed by atoms with Crippen LogP contribution in [-0.2, 0) is 4.79 Å². The van der Waals surface area contributed by atoms with Gasteiger partial charge in [-0.25, -0.2) is 4.39 Å². The van der Waals surface area contributed by atoms with E-state index in [2.05, 4.69) is 5.32 Å². The molecule has 1 atom stereocenters. The van der Waals surface area contributed by atoms with E-state index in [0.29, 0.717) is 5.69 Å². The van der Waals surface area contributed by atoms with Crippen molar-refractivity contribution in [3.05, 3.63) is 30.1 Å². The second kappa shape index (κ2) is 3.89. The Morgan fingerprint density at radius 1 is 1.46 bits per heavy atom. The maximum absolute atomic E-state index is 12.5. The largest absolute Gasteiger partial charge is 0.374 e. The average Bonchev–Trinajstić information content (AvgIpc) is 2.08. The monoisotopic (exact) mass is 182 g/mol. The number of amides is 1. The summed E-state index contributed by atoms with van der Waals surface area (Å²) in [6, 6.07) is 5.28. The van der Waals surface area contributed by atoms with Gasteiger partial charge in [-0.05, 0) is 31.2 Å². The summed E-state index contributed by atoms with van der Waals surface area (Å²) < 4.78 is 12.5. The van der Waals surface area contributed by atoms with Crippen LogP contribution in [0.25, 0.3) is 0 Å². The molecule has 1 unspecified atom stereocenters. The quantitative estimate of drug-likeness (QED) is 0.735. The molecule has 0 aliphatic rings. The molecular formula is C9H11FN2O. The van der Waals surface area contributed by atoms with Gasteiger partial charge < -0.3 is 11.1 Å². The van der Waals surface area contributed by atoms with Crippen LogP contribution in [0.3, 0.4) is 0 Å². The number of rotatable bonds is 3. The molecule has 1 rings (SSSR count). The zero-order valence-corrected chi connectivity index (χ0v) is 7.25. The molecule has 0 aliphatic heterocycles. The Morgan fingerprint density at radius 3 is 2.46 bits per heavy atom. The maximum atomic E-state index is 12.5. The first-order chi connectivity index (χ1) is 6.09.